The molecule has 4 saturated heterocycles. The Labute approximate surface area is 169 Å². The average molecular weight is 395 g/mol. The van der Waals surface area contributed by atoms with Crippen LogP contribution < -0.4 is 9.64 Å². The van der Waals surface area contributed by atoms with Gasteiger partial charge < -0.3 is 24.2 Å². The molecular weight excluding hydrogens is 370 g/mol. The van der Waals surface area contributed by atoms with Crippen LogP contribution in [0, 0.1) is 17.3 Å². The van der Waals surface area contributed by atoms with Gasteiger partial charge in [0, 0.05) is 44.3 Å². The molecule has 2 spiro atoms. The molecule has 29 heavy (non-hydrogen) atoms. The molecule has 7 nitrogen and oxygen atoms in total. The van der Waals surface area contributed by atoms with Gasteiger partial charge in [0.2, 0.25) is 11.8 Å². The number of nitrogens with zero attached hydrogens (tertiary/aromatic N) is 3. The van der Waals surface area contributed by atoms with Gasteiger partial charge in [-0.1, -0.05) is 12.2 Å². The number of likely N-dealkylation sites (tertiary alicyclic amines) is 2. The number of hydrogen-bond acceptors (Lipinski definition) is 5. The van der Waals surface area contributed by atoms with Crippen molar-refractivity contribution in [2.75, 3.05) is 51.8 Å². The summed E-state index contributed by atoms with van der Waals surface area (Å²) >= 11 is 0. The minimum absolute atomic E-state index is 0.0414. The molecule has 4 atom stereocenters. The van der Waals surface area contributed by atoms with Crippen LogP contribution in [0.2, 0.25) is 0 Å². The Bertz CT molecular complexity index is 914. The lowest BCUT2D eigenvalue weighted by Gasteiger charge is -2.61. The van der Waals surface area contributed by atoms with Gasteiger partial charge >= 0.3 is 0 Å². The highest BCUT2D eigenvalue weighted by atomic mass is 16.5. The van der Waals surface area contributed by atoms with Crippen LogP contribution in [0.4, 0.5) is 5.69 Å². The van der Waals surface area contributed by atoms with Crippen LogP contribution in [-0.4, -0.2) is 80.2 Å². The molecule has 0 saturated carbocycles. The molecular formula is C22H25N3O4. The summed E-state index contributed by atoms with van der Waals surface area (Å²) in [4.78, 5) is 31.9. The van der Waals surface area contributed by atoms with Crippen molar-refractivity contribution in [1.29, 1.82) is 0 Å². The Morgan fingerprint density at radius 2 is 1.86 bits per heavy atom. The number of carbonyl (C=O) groups is 2. The predicted molar refractivity (Wildman–Crippen MR) is 106 cm³/mol. The summed E-state index contributed by atoms with van der Waals surface area (Å²) in [6.07, 6.45) is 3.73. The molecule has 0 unspecified atom stereocenters. The third-order valence-corrected chi connectivity index (χ3v) is 7.43. The first kappa shape index (κ1) is 17.3. The van der Waals surface area contributed by atoms with Gasteiger partial charge in [-0.25, -0.2) is 0 Å². The Hall–Kier alpha value is -2.54. The fourth-order valence-electron chi connectivity index (χ4n) is 6.04. The first-order valence-corrected chi connectivity index (χ1v) is 10.2. The third kappa shape index (κ3) is 2.22. The molecule has 2 amide bonds. The highest BCUT2D eigenvalue weighted by Crippen LogP contribution is 2.53. The smallest absolute Gasteiger partial charge is 0.229 e. The van der Waals surface area contributed by atoms with Crippen molar-refractivity contribution in [2.45, 2.75) is 11.7 Å². The van der Waals surface area contributed by atoms with Crippen LogP contribution >= 0.6 is 0 Å². The van der Waals surface area contributed by atoms with Crippen molar-refractivity contribution in [3.63, 3.8) is 0 Å². The maximum absolute atomic E-state index is 13.3. The Kier molecular flexibility index (Phi) is 3.31. The minimum atomic E-state index is -0.582. The van der Waals surface area contributed by atoms with Gasteiger partial charge in [0.15, 0.2) is 0 Å². The van der Waals surface area contributed by atoms with Gasteiger partial charge in [-0.3, -0.25) is 9.59 Å². The van der Waals surface area contributed by atoms with Crippen LogP contribution in [-0.2, 0) is 14.3 Å². The second-order valence-electron chi connectivity index (χ2n) is 9.34. The van der Waals surface area contributed by atoms with E-state index in [9.17, 15) is 9.59 Å². The molecule has 152 valence electrons. The number of benzene rings is 1. The first-order chi connectivity index (χ1) is 13.9. The molecule has 1 aromatic rings. The van der Waals surface area contributed by atoms with E-state index in [-0.39, 0.29) is 35.2 Å². The van der Waals surface area contributed by atoms with Crippen LogP contribution in [0.1, 0.15) is 0 Å². The number of fused-ring (bicyclic) bond motifs is 1. The van der Waals surface area contributed by atoms with Crippen molar-refractivity contribution in [3.8, 4) is 5.75 Å². The summed E-state index contributed by atoms with van der Waals surface area (Å²) in [6, 6.07) is 8.11. The molecule has 6 rings (SSSR count). The Balaban J connectivity index is 1.11. The zero-order valence-corrected chi connectivity index (χ0v) is 16.7. The summed E-state index contributed by atoms with van der Waals surface area (Å²) in [6.45, 7) is 4.02. The predicted octanol–water partition coefficient (Wildman–Crippen LogP) is 0.756. The summed E-state index contributed by atoms with van der Waals surface area (Å²) in [7, 11) is 3.46. The lowest BCUT2D eigenvalue weighted by Crippen LogP contribution is -2.74. The number of rotatable bonds is 3. The summed E-state index contributed by atoms with van der Waals surface area (Å²) in [5, 5.41) is 0. The number of anilines is 1. The van der Waals surface area contributed by atoms with E-state index >= 15 is 0 Å². The summed E-state index contributed by atoms with van der Waals surface area (Å²) in [5.74, 6) is 0.260. The van der Waals surface area contributed by atoms with Crippen molar-refractivity contribution in [1.82, 2.24) is 9.80 Å². The van der Waals surface area contributed by atoms with E-state index in [0.29, 0.717) is 6.54 Å². The van der Waals surface area contributed by atoms with E-state index in [4.69, 9.17) is 9.47 Å². The van der Waals surface area contributed by atoms with Crippen LogP contribution in [0.5, 0.6) is 5.75 Å². The van der Waals surface area contributed by atoms with E-state index in [1.54, 1.807) is 19.1 Å². The number of ether oxygens (including phenoxy) is 2. The number of likely N-dealkylation sites (N-methyl/N-ethyl adjacent to an activating group) is 1. The number of carbonyl (C=O) groups excluding carboxylic acids is 2. The van der Waals surface area contributed by atoms with Gasteiger partial charge in [-0.15, -0.1) is 0 Å². The molecule has 0 aromatic heterocycles. The fourth-order valence-corrected chi connectivity index (χ4v) is 6.04. The van der Waals surface area contributed by atoms with Gasteiger partial charge in [-0.05, 0) is 24.3 Å². The van der Waals surface area contributed by atoms with E-state index in [1.807, 2.05) is 29.2 Å². The molecule has 0 aliphatic carbocycles. The van der Waals surface area contributed by atoms with Gasteiger partial charge in [-0.2, -0.15) is 0 Å². The topological polar surface area (TPSA) is 62.3 Å². The molecule has 1 aromatic carbocycles. The molecule has 5 heterocycles. The molecule has 5 aliphatic heterocycles. The van der Waals surface area contributed by atoms with Crippen molar-refractivity contribution < 1.29 is 19.1 Å². The molecule has 5 aliphatic rings. The molecule has 0 N–H and O–H groups in total. The highest BCUT2D eigenvalue weighted by molar-refractivity contribution is 5.93. The highest BCUT2D eigenvalue weighted by Gasteiger charge is 2.67. The summed E-state index contributed by atoms with van der Waals surface area (Å²) in [5.41, 5.74) is 0.799. The number of methoxy groups -OCH3 is 1. The summed E-state index contributed by atoms with van der Waals surface area (Å²) < 4.78 is 11.3. The fraction of sp³-hybridized carbons (Fsp3) is 0.545. The van der Waals surface area contributed by atoms with E-state index < -0.39 is 5.60 Å². The van der Waals surface area contributed by atoms with Gasteiger partial charge in [0.05, 0.1) is 31.6 Å². The van der Waals surface area contributed by atoms with Gasteiger partial charge in [0.25, 0.3) is 0 Å². The zero-order chi connectivity index (χ0) is 20.0. The van der Waals surface area contributed by atoms with Crippen LogP contribution in [0.3, 0.4) is 0 Å². The van der Waals surface area contributed by atoms with Crippen molar-refractivity contribution in [2.24, 2.45) is 17.3 Å². The maximum Gasteiger partial charge on any atom is 0.229 e. The molecule has 0 radical (unpaired) electrons. The van der Waals surface area contributed by atoms with E-state index in [0.717, 1.165) is 31.9 Å². The average Bonchev–Trinajstić information content (AvgIpc) is 3.28. The standard InChI is InChI=1S/C22H25N3O4/c1-23-13-22-8-7-16(29-22)17(18(22)20(23)27)19(26)25-11-21(12-25)9-24(10-21)14-3-5-15(28-2)6-4-14/h3-8,16-18H,9-13H2,1-2H3/t16-,17-,18+,22-/m0/s1. The van der Waals surface area contributed by atoms with Crippen molar-refractivity contribution in [3.05, 3.63) is 36.4 Å². The lowest BCUT2D eigenvalue weighted by atomic mass is 9.70. The van der Waals surface area contributed by atoms with Crippen LogP contribution in [0.25, 0.3) is 0 Å². The zero-order valence-electron chi connectivity index (χ0n) is 16.7. The quantitative estimate of drug-likeness (QED) is 0.707. The largest absolute Gasteiger partial charge is 0.497 e. The number of amides is 2. The van der Waals surface area contributed by atoms with E-state index in [2.05, 4.69) is 17.0 Å². The monoisotopic (exact) mass is 395 g/mol. The van der Waals surface area contributed by atoms with Gasteiger partial charge in [0.1, 0.15) is 11.4 Å². The second kappa shape index (κ2) is 5.53. The SMILES string of the molecule is COc1ccc(N2CC3(CN(C(=O)[C@H]4[C@@H]5C=C[C@@]6(CN(C)C(=O)[C@@H]46)O5)C3)C2)cc1. The van der Waals surface area contributed by atoms with Crippen molar-refractivity contribution >= 4 is 17.5 Å². The Morgan fingerprint density at radius 1 is 1.14 bits per heavy atom. The first-order valence-electron chi connectivity index (χ1n) is 10.2. The van der Waals surface area contributed by atoms with Crippen LogP contribution in [0.15, 0.2) is 36.4 Å². The normalized spacial score (nSPS) is 35.7. The molecule has 7 heteroatoms. The number of hydrogen-bond donors (Lipinski definition) is 0. The second-order valence-corrected chi connectivity index (χ2v) is 9.34. The van der Waals surface area contributed by atoms with E-state index in [1.165, 1.54) is 5.69 Å². The third-order valence-electron chi connectivity index (χ3n) is 7.43. The molecule has 4 fully saturated rings. The minimum Gasteiger partial charge on any atom is -0.497 e. The Morgan fingerprint density at radius 3 is 2.55 bits per heavy atom. The maximum atomic E-state index is 13.3. The molecule has 2 bridgehead atoms. The lowest BCUT2D eigenvalue weighted by molar-refractivity contribution is -0.154.